The first-order valence-corrected chi connectivity index (χ1v) is 12.1. The van der Waals surface area contributed by atoms with Gasteiger partial charge in [-0.25, -0.2) is 13.1 Å². The van der Waals surface area contributed by atoms with Crippen molar-refractivity contribution >= 4 is 27.3 Å². The normalized spacial score (nSPS) is 15.4. The first kappa shape index (κ1) is 22.9. The smallest absolute Gasteiger partial charge is 0.240 e. The molecule has 0 aromatic heterocycles. The maximum absolute atomic E-state index is 12.7. The Morgan fingerprint density at radius 1 is 1.03 bits per heavy atom. The third-order valence-corrected chi connectivity index (χ3v) is 7.01. The highest BCUT2D eigenvalue weighted by Crippen LogP contribution is 2.27. The van der Waals surface area contributed by atoms with Crippen LogP contribution in [0.2, 0.25) is 5.02 Å². The number of hydrogen-bond acceptors (Lipinski definition) is 5. The van der Waals surface area contributed by atoms with E-state index >= 15 is 0 Å². The Morgan fingerprint density at radius 3 is 2.20 bits per heavy atom. The zero-order valence-electron chi connectivity index (χ0n) is 17.8. The lowest BCUT2D eigenvalue weighted by Crippen LogP contribution is -2.48. The van der Waals surface area contributed by atoms with Gasteiger partial charge < -0.3 is 9.64 Å². The molecule has 0 atom stereocenters. The third-order valence-electron chi connectivity index (χ3n) is 5.32. The van der Waals surface area contributed by atoms with Gasteiger partial charge in [-0.1, -0.05) is 11.6 Å². The Kier molecular flexibility index (Phi) is 7.63. The van der Waals surface area contributed by atoms with Crippen molar-refractivity contribution < 1.29 is 13.2 Å². The summed E-state index contributed by atoms with van der Waals surface area (Å²) < 4.78 is 33.8. The number of rotatable bonds is 8. The number of nitrogens with zero attached hydrogens (tertiary/aromatic N) is 2. The summed E-state index contributed by atoms with van der Waals surface area (Å²) in [5.41, 5.74) is 2.83. The highest BCUT2D eigenvalue weighted by Gasteiger charge is 2.20. The summed E-state index contributed by atoms with van der Waals surface area (Å²) in [6.07, 6.45) is 0. The zero-order chi connectivity index (χ0) is 21.7. The molecule has 0 saturated carbocycles. The van der Waals surface area contributed by atoms with Crippen LogP contribution in [0.25, 0.3) is 0 Å². The number of benzene rings is 2. The molecule has 0 amide bonds. The Balaban J connectivity index is 1.51. The monoisotopic (exact) mass is 451 g/mol. The molecular weight excluding hydrogens is 422 g/mol. The lowest BCUT2D eigenvalue weighted by atomic mass is 10.1. The summed E-state index contributed by atoms with van der Waals surface area (Å²) in [7, 11) is -3.55. The van der Waals surface area contributed by atoms with Gasteiger partial charge in [-0.15, -0.1) is 0 Å². The van der Waals surface area contributed by atoms with Gasteiger partial charge in [0.25, 0.3) is 0 Å². The SMILES string of the molecule is CCOc1c(C)cc(S(=O)(=O)NCCN2CCN(c3ccc(Cl)cc3)CC2)cc1C. The highest BCUT2D eigenvalue weighted by atomic mass is 35.5. The average molecular weight is 452 g/mol. The number of aryl methyl sites for hydroxylation is 2. The molecule has 0 radical (unpaired) electrons. The lowest BCUT2D eigenvalue weighted by Gasteiger charge is -2.36. The Morgan fingerprint density at radius 2 is 1.63 bits per heavy atom. The molecule has 2 aromatic carbocycles. The Hall–Kier alpha value is -1.80. The van der Waals surface area contributed by atoms with Crippen molar-refractivity contribution in [3.8, 4) is 5.75 Å². The molecule has 0 bridgehead atoms. The van der Waals surface area contributed by atoms with Crippen molar-refractivity contribution in [3.63, 3.8) is 0 Å². The van der Waals surface area contributed by atoms with E-state index in [0.717, 1.165) is 48.1 Å². The standard InChI is InChI=1S/C22H30ClN3O3S/c1-4-29-22-17(2)15-21(16-18(22)3)30(27,28)24-9-10-25-11-13-26(14-12-25)20-7-5-19(23)6-8-20/h5-8,15-16,24H,4,9-14H2,1-3H3. The predicted octanol–water partition coefficient (Wildman–Crippen LogP) is 3.46. The fraction of sp³-hybridized carbons (Fsp3) is 0.455. The fourth-order valence-corrected chi connectivity index (χ4v) is 5.06. The van der Waals surface area contributed by atoms with Crippen LogP contribution >= 0.6 is 11.6 Å². The lowest BCUT2D eigenvalue weighted by molar-refractivity contribution is 0.262. The molecule has 164 valence electrons. The second kappa shape index (κ2) is 10.0. The van der Waals surface area contributed by atoms with Gasteiger partial charge >= 0.3 is 0 Å². The molecule has 1 aliphatic rings. The molecule has 6 nitrogen and oxygen atoms in total. The maximum atomic E-state index is 12.7. The molecular formula is C22H30ClN3O3S. The molecule has 1 fully saturated rings. The van der Waals surface area contributed by atoms with Crippen molar-refractivity contribution in [2.24, 2.45) is 0 Å². The van der Waals surface area contributed by atoms with Crippen LogP contribution in [0.4, 0.5) is 5.69 Å². The number of ether oxygens (including phenoxy) is 1. The molecule has 3 rings (SSSR count). The molecule has 30 heavy (non-hydrogen) atoms. The minimum Gasteiger partial charge on any atom is -0.493 e. The number of halogens is 1. The van der Waals surface area contributed by atoms with Gasteiger partial charge in [-0.3, -0.25) is 4.90 Å². The van der Waals surface area contributed by atoms with E-state index in [1.54, 1.807) is 12.1 Å². The van der Waals surface area contributed by atoms with E-state index in [1.165, 1.54) is 5.69 Å². The van der Waals surface area contributed by atoms with E-state index < -0.39 is 10.0 Å². The summed E-state index contributed by atoms with van der Waals surface area (Å²) in [5, 5.41) is 0.739. The maximum Gasteiger partial charge on any atom is 0.240 e. The van der Waals surface area contributed by atoms with E-state index in [2.05, 4.69) is 14.5 Å². The number of piperazine rings is 1. The average Bonchev–Trinajstić information content (AvgIpc) is 2.71. The Bertz CT molecular complexity index is 933. The van der Waals surface area contributed by atoms with Crippen molar-refractivity contribution in [1.29, 1.82) is 0 Å². The van der Waals surface area contributed by atoms with Crippen LogP contribution < -0.4 is 14.4 Å². The first-order valence-electron chi connectivity index (χ1n) is 10.3. The van der Waals surface area contributed by atoms with E-state index in [4.69, 9.17) is 16.3 Å². The summed E-state index contributed by atoms with van der Waals surface area (Å²) >= 11 is 5.96. The molecule has 2 aromatic rings. The topological polar surface area (TPSA) is 61.9 Å². The van der Waals surface area contributed by atoms with Gasteiger partial charge in [0.05, 0.1) is 11.5 Å². The second-order valence-corrected chi connectivity index (χ2v) is 9.73. The second-order valence-electron chi connectivity index (χ2n) is 7.52. The van der Waals surface area contributed by atoms with E-state index in [9.17, 15) is 8.42 Å². The van der Waals surface area contributed by atoms with Crippen molar-refractivity contribution in [2.75, 3.05) is 50.8 Å². The van der Waals surface area contributed by atoms with Crippen molar-refractivity contribution in [1.82, 2.24) is 9.62 Å². The largest absolute Gasteiger partial charge is 0.493 e. The highest BCUT2D eigenvalue weighted by molar-refractivity contribution is 7.89. The fourth-order valence-electron chi connectivity index (χ4n) is 3.74. The summed E-state index contributed by atoms with van der Waals surface area (Å²) in [6.45, 7) is 10.9. The van der Waals surface area contributed by atoms with Crippen molar-refractivity contribution in [2.45, 2.75) is 25.7 Å². The molecule has 0 spiro atoms. The van der Waals surface area contributed by atoms with Gasteiger partial charge in [-0.05, 0) is 68.3 Å². The number of nitrogens with one attached hydrogen (secondary N) is 1. The molecule has 1 saturated heterocycles. The van der Waals surface area contributed by atoms with Crippen LogP contribution in [0, 0.1) is 13.8 Å². The van der Waals surface area contributed by atoms with Crippen LogP contribution in [-0.4, -0.2) is 59.2 Å². The zero-order valence-corrected chi connectivity index (χ0v) is 19.4. The Labute approximate surface area is 184 Å². The summed E-state index contributed by atoms with van der Waals surface area (Å²) in [4.78, 5) is 4.89. The number of sulfonamides is 1. The number of anilines is 1. The molecule has 1 N–H and O–H groups in total. The van der Waals surface area contributed by atoms with Crippen LogP contribution in [0.15, 0.2) is 41.3 Å². The predicted molar refractivity (Wildman–Crippen MR) is 122 cm³/mol. The van der Waals surface area contributed by atoms with Crippen LogP contribution in [0.3, 0.4) is 0 Å². The van der Waals surface area contributed by atoms with Gasteiger partial charge in [-0.2, -0.15) is 0 Å². The minimum atomic E-state index is -3.55. The first-order chi connectivity index (χ1) is 14.3. The van der Waals surface area contributed by atoms with Gasteiger partial charge in [0.2, 0.25) is 10.0 Å². The van der Waals surface area contributed by atoms with Gasteiger partial charge in [0, 0.05) is 50.0 Å². The third kappa shape index (κ3) is 5.66. The van der Waals surface area contributed by atoms with E-state index in [0.29, 0.717) is 19.7 Å². The quantitative estimate of drug-likeness (QED) is 0.666. The van der Waals surface area contributed by atoms with Crippen LogP contribution in [0.1, 0.15) is 18.1 Å². The van der Waals surface area contributed by atoms with E-state index in [-0.39, 0.29) is 4.90 Å². The van der Waals surface area contributed by atoms with E-state index in [1.807, 2.05) is 45.0 Å². The molecule has 8 heteroatoms. The van der Waals surface area contributed by atoms with Crippen LogP contribution in [0.5, 0.6) is 5.75 Å². The van der Waals surface area contributed by atoms with Gasteiger partial charge in [0.1, 0.15) is 5.75 Å². The van der Waals surface area contributed by atoms with Gasteiger partial charge in [0.15, 0.2) is 0 Å². The van der Waals surface area contributed by atoms with Crippen LogP contribution in [-0.2, 0) is 10.0 Å². The molecule has 0 unspecified atom stereocenters. The van der Waals surface area contributed by atoms with Crippen molar-refractivity contribution in [3.05, 3.63) is 52.5 Å². The molecule has 1 aliphatic heterocycles. The minimum absolute atomic E-state index is 0.286. The molecule has 1 heterocycles. The molecule has 0 aliphatic carbocycles. The number of hydrogen-bond donors (Lipinski definition) is 1. The summed E-state index contributed by atoms with van der Waals surface area (Å²) in [5.74, 6) is 0.759. The summed E-state index contributed by atoms with van der Waals surface area (Å²) in [6, 6.07) is 11.2.